The van der Waals surface area contributed by atoms with Gasteiger partial charge in [0.05, 0.1) is 13.2 Å². The van der Waals surface area contributed by atoms with Gasteiger partial charge in [0, 0.05) is 17.7 Å². The van der Waals surface area contributed by atoms with E-state index in [9.17, 15) is 4.79 Å². The van der Waals surface area contributed by atoms with Crippen LogP contribution in [0.2, 0.25) is 0 Å². The summed E-state index contributed by atoms with van der Waals surface area (Å²) in [6.45, 7) is 1.44. The van der Waals surface area contributed by atoms with Crippen LogP contribution in [0.3, 0.4) is 0 Å². The molecule has 1 aliphatic rings. The van der Waals surface area contributed by atoms with Gasteiger partial charge in [-0.15, -0.1) is 0 Å². The van der Waals surface area contributed by atoms with Crippen LogP contribution in [0.5, 0.6) is 0 Å². The van der Waals surface area contributed by atoms with Crippen molar-refractivity contribution in [2.24, 2.45) is 0 Å². The summed E-state index contributed by atoms with van der Waals surface area (Å²) in [7, 11) is 0. The average Bonchev–Trinajstić information content (AvgIpc) is 2.71. The summed E-state index contributed by atoms with van der Waals surface area (Å²) in [5, 5.41) is 0. The second-order valence-corrected chi connectivity index (χ2v) is 11.2. The van der Waals surface area contributed by atoms with Gasteiger partial charge in [-0.1, -0.05) is 85.5 Å². The van der Waals surface area contributed by atoms with Crippen LogP contribution in [0.15, 0.2) is 11.1 Å². The second kappa shape index (κ2) is 9.48. The highest BCUT2D eigenvalue weighted by Crippen LogP contribution is 2.34. The zero-order valence-electron chi connectivity index (χ0n) is 12.1. The summed E-state index contributed by atoms with van der Waals surface area (Å²) in [4.78, 5) is 11.5. The largest absolute Gasteiger partial charge is 0.348 e. The number of ether oxygens (including phenoxy) is 2. The van der Waals surface area contributed by atoms with Gasteiger partial charge in [0.25, 0.3) is 0 Å². The van der Waals surface area contributed by atoms with Crippen molar-refractivity contribution in [3.63, 3.8) is 0 Å². The predicted molar refractivity (Wildman–Crippen MR) is 101 cm³/mol. The number of carbonyl (C=O) groups excluding carboxylic acids is 1. The van der Waals surface area contributed by atoms with E-state index in [2.05, 4.69) is 15.9 Å². The van der Waals surface area contributed by atoms with Crippen LogP contribution in [0, 0.1) is 0 Å². The van der Waals surface area contributed by atoms with Gasteiger partial charge in [-0.25, -0.2) is 0 Å². The maximum atomic E-state index is 11.6. The van der Waals surface area contributed by atoms with Crippen molar-refractivity contribution < 1.29 is 14.3 Å². The van der Waals surface area contributed by atoms with E-state index in [0.717, 1.165) is 11.1 Å². The minimum absolute atomic E-state index is 0.121. The molecular weight excluding hydrogens is 497 g/mol. The number of halogens is 7. The topological polar surface area (TPSA) is 35.5 Å². The van der Waals surface area contributed by atoms with Gasteiger partial charge < -0.3 is 9.47 Å². The molecule has 0 heterocycles. The molecule has 23 heavy (non-hydrogen) atoms. The molecule has 0 saturated carbocycles. The molecule has 0 radical (unpaired) electrons. The first-order valence-electron chi connectivity index (χ1n) is 6.62. The Morgan fingerprint density at radius 2 is 1.52 bits per heavy atom. The van der Waals surface area contributed by atoms with Crippen LogP contribution in [0.4, 0.5) is 0 Å². The van der Waals surface area contributed by atoms with Gasteiger partial charge in [0.1, 0.15) is 0 Å². The molecule has 0 saturated heterocycles. The van der Waals surface area contributed by atoms with Gasteiger partial charge in [0.15, 0.2) is 12.1 Å². The third-order valence-corrected chi connectivity index (χ3v) is 4.75. The molecule has 3 nitrogen and oxygen atoms in total. The van der Waals surface area contributed by atoms with Crippen LogP contribution in [-0.2, 0) is 14.3 Å². The van der Waals surface area contributed by atoms with E-state index in [1.54, 1.807) is 6.92 Å². The first-order chi connectivity index (χ1) is 10.4. The van der Waals surface area contributed by atoms with E-state index < -0.39 is 13.9 Å². The van der Waals surface area contributed by atoms with Crippen molar-refractivity contribution in [1.82, 2.24) is 0 Å². The standard InChI is InChI=1S/C13H15BrCl6O3/c1-7-8(2-3-10(7)21)9(14)4-11(22-5-12(15,16)17)23-6-13(18,19)20/h9,11H,2-6H2,1H3. The summed E-state index contributed by atoms with van der Waals surface area (Å²) in [5.74, 6) is 0.144. The number of ketones is 1. The Labute approximate surface area is 173 Å². The molecule has 0 N–H and O–H groups in total. The molecule has 0 aromatic heterocycles. The van der Waals surface area contributed by atoms with Gasteiger partial charge in [-0.2, -0.15) is 0 Å². The van der Waals surface area contributed by atoms with Crippen LogP contribution < -0.4 is 0 Å². The summed E-state index contributed by atoms with van der Waals surface area (Å²) >= 11 is 37.6. The lowest BCUT2D eigenvalue weighted by Gasteiger charge is -2.25. The molecule has 1 rings (SSSR count). The number of hydrogen-bond donors (Lipinski definition) is 0. The molecule has 0 fully saturated rings. The number of alkyl halides is 7. The fourth-order valence-electron chi connectivity index (χ4n) is 2.06. The van der Waals surface area contributed by atoms with Crippen molar-refractivity contribution in [3.05, 3.63) is 11.1 Å². The normalized spacial score (nSPS) is 18.2. The Hall–Kier alpha value is 1.55. The Kier molecular flexibility index (Phi) is 9.31. The second-order valence-electron chi connectivity index (χ2n) is 5.06. The molecule has 0 aliphatic heterocycles. The monoisotopic (exact) mass is 508 g/mol. The van der Waals surface area contributed by atoms with Gasteiger partial charge in [-0.05, 0) is 24.5 Å². The predicted octanol–water partition coefficient (Wildman–Crippen LogP) is 5.92. The Bertz CT molecular complexity index is 440. The summed E-state index contributed by atoms with van der Waals surface area (Å²) in [6.07, 6.45) is 0.823. The highest BCUT2D eigenvalue weighted by atomic mass is 79.9. The maximum absolute atomic E-state index is 11.6. The SMILES string of the molecule is CC1=C(C(Br)CC(OCC(Cl)(Cl)Cl)OCC(Cl)(Cl)Cl)CCC1=O. The van der Waals surface area contributed by atoms with Crippen molar-refractivity contribution >= 4 is 91.3 Å². The molecule has 1 unspecified atom stereocenters. The molecule has 0 amide bonds. The van der Waals surface area contributed by atoms with Crippen LogP contribution in [0.1, 0.15) is 26.2 Å². The quantitative estimate of drug-likeness (QED) is 0.314. The van der Waals surface area contributed by atoms with Gasteiger partial charge in [0.2, 0.25) is 7.59 Å². The van der Waals surface area contributed by atoms with E-state index in [1.165, 1.54) is 0 Å². The Morgan fingerprint density at radius 1 is 1.04 bits per heavy atom. The van der Waals surface area contributed by atoms with E-state index in [0.29, 0.717) is 19.3 Å². The Balaban J connectivity index is 2.69. The highest BCUT2D eigenvalue weighted by Gasteiger charge is 2.30. The van der Waals surface area contributed by atoms with Crippen LogP contribution >= 0.6 is 85.5 Å². The molecule has 0 aromatic rings. The number of carbonyl (C=O) groups is 1. The summed E-state index contributed by atoms with van der Waals surface area (Å²) < 4.78 is 7.76. The maximum Gasteiger partial charge on any atom is 0.213 e. The van der Waals surface area contributed by atoms with E-state index in [-0.39, 0.29) is 23.8 Å². The smallest absolute Gasteiger partial charge is 0.213 e. The zero-order valence-corrected chi connectivity index (χ0v) is 18.2. The molecule has 1 aliphatic carbocycles. The van der Waals surface area contributed by atoms with Crippen molar-refractivity contribution in [1.29, 1.82) is 0 Å². The van der Waals surface area contributed by atoms with Crippen molar-refractivity contribution in [2.75, 3.05) is 13.2 Å². The molecule has 1 atom stereocenters. The molecule has 0 bridgehead atoms. The third kappa shape index (κ3) is 9.16. The molecular formula is C13H15BrCl6O3. The molecule has 0 spiro atoms. The van der Waals surface area contributed by atoms with Crippen LogP contribution in [-0.4, -0.2) is 37.7 Å². The number of rotatable bonds is 7. The average molecular weight is 512 g/mol. The lowest BCUT2D eigenvalue weighted by Crippen LogP contribution is -2.29. The minimum atomic E-state index is -1.58. The van der Waals surface area contributed by atoms with Crippen molar-refractivity contribution in [2.45, 2.75) is 44.9 Å². The van der Waals surface area contributed by atoms with E-state index in [1.807, 2.05) is 0 Å². The summed E-state index contributed by atoms with van der Waals surface area (Å²) in [5.41, 5.74) is 1.77. The molecule has 10 heteroatoms. The van der Waals surface area contributed by atoms with E-state index >= 15 is 0 Å². The van der Waals surface area contributed by atoms with Crippen LogP contribution in [0.25, 0.3) is 0 Å². The number of allylic oxidation sites excluding steroid dienone is 2. The molecule has 134 valence electrons. The first kappa shape index (κ1) is 22.6. The lowest BCUT2D eigenvalue weighted by molar-refractivity contribution is -0.142. The number of hydrogen-bond acceptors (Lipinski definition) is 3. The van der Waals surface area contributed by atoms with Gasteiger partial charge >= 0.3 is 0 Å². The van der Waals surface area contributed by atoms with Crippen molar-refractivity contribution in [3.8, 4) is 0 Å². The fraction of sp³-hybridized carbons (Fsp3) is 0.769. The Morgan fingerprint density at radius 3 is 1.87 bits per heavy atom. The lowest BCUT2D eigenvalue weighted by atomic mass is 10.1. The summed E-state index contributed by atoms with van der Waals surface area (Å²) in [6, 6.07) is 0. The fourth-order valence-corrected chi connectivity index (χ4v) is 3.32. The zero-order chi connectivity index (χ0) is 17.8. The highest BCUT2D eigenvalue weighted by molar-refractivity contribution is 9.09. The third-order valence-electron chi connectivity index (χ3n) is 3.16. The van der Waals surface area contributed by atoms with Gasteiger partial charge in [-0.3, -0.25) is 4.79 Å². The molecule has 0 aromatic carbocycles. The van der Waals surface area contributed by atoms with E-state index in [4.69, 9.17) is 79.1 Å². The minimum Gasteiger partial charge on any atom is -0.348 e. The number of Topliss-reactive ketones (excluding diaryl/α,β-unsaturated/α-hetero) is 1. The first-order valence-corrected chi connectivity index (χ1v) is 9.81.